The summed E-state index contributed by atoms with van der Waals surface area (Å²) in [5, 5.41) is 10.2. The Hall–Kier alpha value is -1.88. The van der Waals surface area contributed by atoms with Crippen LogP contribution in [0.15, 0.2) is 18.2 Å². The molecule has 0 saturated carbocycles. The molecule has 1 aromatic carbocycles. The molecule has 2 saturated heterocycles. The molecule has 2 fully saturated rings. The van der Waals surface area contributed by atoms with Crippen molar-refractivity contribution in [3.05, 3.63) is 29.3 Å². The van der Waals surface area contributed by atoms with Gasteiger partial charge in [0.2, 0.25) is 11.8 Å². The highest BCUT2D eigenvalue weighted by Crippen LogP contribution is 2.46. The maximum Gasteiger partial charge on any atom is 0.231 e. The van der Waals surface area contributed by atoms with Gasteiger partial charge in [-0.1, -0.05) is 39.3 Å². The highest BCUT2D eigenvalue weighted by Gasteiger charge is 2.47. The zero-order chi connectivity index (χ0) is 20.1. The standard InChI is InChI=1S/C23H32N2O3/c1-4-6-20(25-21(27)13-23(2,3)14-22(25)28)24-12-11-16-15-7-5-8-19(26)17(15)9-10-18(16)24/h5,7-8,16,18,20,26H,4,6,9-14H2,1-3H3. The minimum Gasteiger partial charge on any atom is -0.508 e. The van der Waals surface area contributed by atoms with Gasteiger partial charge in [0.25, 0.3) is 0 Å². The van der Waals surface area contributed by atoms with Gasteiger partial charge in [0, 0.05) is 31.3 Å². The molecule has 0 radical (unpaired) electrons. The van der Waals surface area contributed by atoms with E-state index in [1.54, 1.807) is 11.0 Å². The van der Waals surface area contributed by atoms with E-state index in [1.165, 1.54) is 5.56 Å². The van der Waals surface area contributed by atoms with Crippen LogP contribution in [0.5, 0.6) is 5.75 Å². The molecule has 2 heterocycles. The summed E-state index contributed by atoms with van der Waals surface area (Å²) in [5.74, 6) is 0.749. The number of piperidine rings is 1. The van der Waals surface area contributed by atoms with Crippen LogP contribution in [0.4, 0.5) is 0 Å². The van der Waals surface area contributed by atoms with Gasteiger partial charge in [-0.25, -0.2) is 0 Å². The third kappa shape index (κ3) is 3.24. The van der Waals surface area contributed by atoms with E-state index >= 15 is 0 Å². The van der Waals surface area contributed by atoms with Crippen molar-refractivity contribution in [2.45, 2.75) is 83.8 Å². The summed E-state index contributed by atoms with van der Waals surface area (Å²) >= 11 is 0. The van der Waals surface area contributed by atoms with Crippen LogP contribution in [0.1, 0.15) is 76.3 Å². The number of fused-ring (bicyclic) bond motifs is 3. The van der Waals surface area contributed by atoms with Crippen LogP contribution in [0.3, 0.4) is 0 Å². The second-order valence-electron chi connectivity index (χ2n) is 9.53. The van der Waals surface area contributed by atoms with E-state index in [4.69, 9.17) is 0 Å². The normalized spacial score (nSPS) is 28.2. The number of aromatic hydroxyl groups is 1. The van der Waals surface area contributed by atoms with Crippen molar-refractivity contribution >= 4 is 11.8 Å². The van der Waals surface area contributed by atoms with E-state index in [2.05, 4.69) is 17.9 Å². The quantitative estimate of drug-likeness (QED) is 0.802. The maximum atomic E-state index is 12.9. The van der Waals surface area contributed by atoms with Crippen LogP contribution in [0.2, 0.25) is 0 Å². The van der Waals surface area contributed by atoms with Gasteiger partial charge in [-0.05, 0) is 48.3 Å². The van der Waals surface area contributed by atoms with Crippen LogP contribution in [0.25, 0.3) is 0 Å². The van der Waals surface area contributed by atoms with E-state index in [0.717, 1.165) is 44.2 Å². The molecule has 2 amide bonds. The minimum atomic E-state index is -0.240. The first kappa shape index (κ1) is 19.4. The Balaban J connectivity index is 1.62. The highest BCUT2D eigenvalue weighted by molar-refractivity contribution is 5.98. The molecule has 3 unspecified atom stereocenters. The van der Waals surface area contributed by atoms with Gasteiger partial charge in [0.05, 0.1) is 6.17 Å². The molecule has 3 aliphatic rings. The van der Waals surface area contributed by atoms with Crippen molar-refractivity contribution in [3.63, 3.8) is 0 Å². The van der Waals surface area contributed by atoms with E-state index in [-0.39, 0.29) is 23.4 Å². The number of nitrogens with zero attached hydrogens (tertiary/aromatic N) is 2. The van der Waals surface area contributed by atoms with Crippen molar-refractivity contribution in [3.8, 4) is 5.75 Å². The zero-order valence-corrected chi connectivity index (χ0v) is 17.3. The molecule has 4 rings (SSSR count). The van der Waals surface area contributed by atoms with Crippen LogP contribution >= 0.6 is 0 Å². The number of amides is 2. The number of phenolic OH excluding ortho intramolecular Hbond substituents is 1. The zero-order valence-electron chi connectivity index (χ0n) is 17.3. The molecule has 1 aliphatic carbocycles. The van der Waals surface area contributed by atoms with Crippen molar-refractivity contribution < 1.29 is 14.7 Å². The number of phenols is 1. The number of benzene rings is 1. The van der Waals surface area contributed by atoms with Gasteiger partial charge in [-0.3, -0.25) is 19.4 Å². The first-order valence-corrected chi connectivity index (χ1v) is 10.7. The van der Waals surface area contributed by atoms with Gasteiger partial charge in [-0.2, -0.15) is 0 Å². The van der Waals surface area contributed by atoms with Gasteiger partial charge >= 0.3 is 0 Å². The third-order valence-electron chi connectivity index (χ3n) is 6.89. The average molecular weight is 385 g/mol. The summed E-state index contributed by atoms with van der Waals surface area (Å²) in [6, 6.07) is 6.19. The molecule has 0 spiro atoms. The average Bonchev–Trinajstić information content (AvgIpc) is 3.04. The lowest BCUT2D eigenvalue weighted by atomic mass is 9.79. The third-order valence-corrected chi connectivity index (χ3v) is 6.89. The van der Waals surface area contributed by atoms with E-state index in [9.17, 15) is 14.7 Å². The lowest BCUT2D eigenvalue weighted by molar-refractivity contribution is -0.161. The largest absolute Gasteiger partial charge is 0.508 e. The lowest BCUT2D eigenvalue weighted by Crippen LogP contribution is -2.58. The van der Waals surface area contributed by atoms with Gasteiger partial charge < -0.3 is 5.11 Å². The molecule has 5 nitrogen and oxygen atoms in total. The lowest BCUT2D eigenvalue weighted by Gasteiger charge is -2.45. The Bertz CT molecular complexity index is 768. The SMILES string of the molecule is CCCC(N1C(=O)CC(C)(C)CC1=O)N1CCC2c3cccc(O)c3CCC21. The molecule has 2 aliphatic heterocycles. The highest BCUT2D eigenvalue weighted by atomic mass is 16.3. The maximum absolute atomic E-state index is 12.9. The summed E-state index contributed by atoms with van der Waals surface area (Å²) < 4.78 is 0. The number of rotatable bonds is 4. The topological polar surface area (TPSA) is 60.9 Å². The van der Waals surface area contributed by atoms with Crippen molar-refractivity contribution in [2.24, 2.45) is 5.41 Å². The summed E-state index contributed by atoms with van der Waals surface area (Å²) in [6.07, 6.45) is 5.36. The van der Waals surface area contributed by atoms with Crippen LogP contribution in [-0.4, -0.2) is 45.5 Å². The number of hydrogen-bond acceptors (Lipinski definition) is 4. The molecule has 0 bridgehead atoms. The van der Waals surface area contributed by atoms with Gasteiger partial charge in [0.1, 0.15) is 5.75 Å². The van der Waals surface area contributed by atoms with Crippen molar-refractivity contribution in [1.82, 2.24) is 9.80 Å². The number of hydrogen-bond donors (Lipinski definition) is 1. The Labute approximate surface area is 167 Å². The number of likely N-dealkylation sites (tertiary alicyclic amines) is 2. The molecule has 5 heteroatoms. The van der Waals surface area contributed by atoms with E-state index < -0.39 is 0 Å². The first-order valence-electron chi connectivity index (χ1n) is 10.7. The summed E-state index contributed by atoms with van der Waals surface area (Å²) in [6.45, 7) is 7.03. The second kappa shape index (κ2) is 7.18. The predicted octanol–water partition coefficient (Wildman–Crippen LogP) is 3.80. The fourth-order valence-corrected chi connectivity index (χ4v) is 5.71. The smallest absolute Gasteiger partial charge is 0.231 e. The fraction of sp³-hybridized carbons (Fsp3) is 0.652. The van der Waals surface area contributed by atoms with Gasteiger partial charge in [-0.15, -0.1) is 0 Å². The molecule has 1 N–H and O–H groups in total. The summed E-state index contributed by atoms with van der Waals surface area (Å²) in [4.78, 5) is 29.9. The first-order chi connectivity index (χ1) is 13.3. The Morgan fingerprint density at radius 2 is 1.89 bits per heavy atom. The molecule has 0 aromatic heterocycles. The van der Waals surface area contributed by atoms with Crippen LogP contribution < -0.4 is 0 Å². The van der Waals surface area contributed by atoms with E-state index in [0.29, 0.717) is 30.6 Å². The second-order valence-corrected chi connectivity index (χ2v) is 9.53. The molecule has 3 atom stereocenters. The summed E-state index contributed by atoms with van der Waals surface area (Å²) in [7, 11) is 0. The van der Waals surface area contributed by atoms with Gasteiger partial charge in [0.15, 0.2) is 0 Å². The predicted molar refractivity (Wildman–Crippen MR) is 108 cm³/mol. The Morgan fingerprint density at radius 1 is 1.18 bits per heavy atom. The monoisotopic (exact) mass is 384 g/mol. The molecule has 1 aromatic rings. The van der Waals surface area contributed by atoms with E-state index in [1.807, 2.05) is 19.9 Å². The molecule has 28 heavy (non-hydrogen) atoms. The van der Waals surface area contributed by atoms with Crippen LogP contribution in [-0.2, 0) is 16.0 Å². The number of carbonyl (C=O) groups is 2. The van der Waals surface area contributed by atoms with Crippen molar-refractivity contribution in [1.29, 1.82) is 0 Å². The summed E-state index contributed by atoms with van der Waals surface area (Å²) in [5.41, 5.74) is 2.10. The number of imide groups is 1. The molecule has 152 valence electrons. The molecular weight excluding hydrogens is 352 g/mol. The number of carbonyl (C=O) groups excluding carboxylic acids is 2. The molecular formula is C23H32N2O3. The Morgan fingerprint density at radius 3 is 2.57 bits per heavy atom. The fourth-order valence-electron chi connectivity index (χ4n) is 5.71. The van der Waals surface area contributed by atoms with Crippen molar-refractivity contribution in [2.75, 3.05) is 6.54 Å². The Kier molecular flexibility index (Phi) is 4.98. The van der Waals surface area contributed by atoms with Crippen LogP contribution in [0, 0.1) is 5.41 Å². The minimum absolute atomic E-state index is 0.0167.